The maximum atomic E-state index is 8.55. The van der Waals surface area contributed by atoms with Crippen molar-refractivity contribution in [2.24, 2.45) is 11.1 Å². The van der Waals surface area contributed by atoms with Gasteiger partial charge < -0.3 is 5.21 Å². The van der Waals surface area contributed by atoms with Crippen molar-refractivity contribution in [1.82, 2.24) is 0 Å². The van der Waals surface area contributed by atoms with Crippen molar-refractivity contribution in [3.8, 4) is 0 Å². The summed E-state index contributed by atoms with van der Waals surface area (Å²) in [7, 11) is 0. The van der Waals surface area contributed by atoms with E-state index in [0.717, 1.165) is 12.1 Å². The lowest BCUT2D eigenvalue weighted by molar-refractivity contribution is 0.316. The molecule has 2 unspecified atom stereocenters. The van der Waals surface area contributed by atoms with E-state index in [4.69, 9.17) is 5.21 Å². The molecule has 0 saturated heterocycles. The molecule has 1 aliphatic rings. The molecular formula is C9H11NOS. The summed E-state index contributed by atoms with van der Waals surface area (Å²) in [6.07, 6.45) is 1.15. The van der Waals surface area contributed by atoms with Crippen molar-refractivity contribution in [3.05, 3.63) is 22.4 Å². The average molecular weight is 181 g/mol. The van der Waals surface area contributed by atoms with Crippen LogP contribution in [-0.4, -0.2) is 10.9 Å². The molecule has 1 aromatic rings. The van der Waals surface area contributed by atoms with Gasteiger partial charge in [0.1, 0.15) is 0 Å². The second-order valence-electron chi connectivity index (χ2n) is 3.25. The molecule has 0 aliphatic heterocycles. The first kappa shape index (κ1) is 7.80. The van der Waals surface area contributed by atoms with Crippen LogP contribution in [0.5, 0.6) is 0 Å². The van der Waals surface area contributed by atoms with E-state index in [0.29, 0.717) is 11.8 Å². The molecule has 0 aromatic carbocycles. The molecule has 2 atom stereocenters. The molecule has 1 N–H and O–H groups in total. The minimum absolute atomic E-state index is 0.490. The molecule has 1 fully saturated rings. The second-order valence-corrected chi connectivity index (χ2v) is 4.03. The Hall–Kier alpha value is -0.830. The highest BCUT2D eigenvalue weighted by Crippen LogP contribution is 2.48. The van der Waals surface area contributed by atoms with E-state index < -0.39 is 0 Å². The predicted octanol–water partition coefficient (Wildman–Crippen LogP) is 2.70. The molecule has 0 bridgehead atoms. The van der Waals surface area contributed by atoms with Gasteiger partial charge in [0.25, 0.3) is 0 Å². The molecule has 2 nitrogen and oxygen atoms in total. The first-order chi connectivity index (χ1) is 5.83. The van der Waals surface area contributed by atoms with E-state index in [-0.39, 0.29) is 0 Å². The summed E-state index contributed by atoms with van der Waals surface area (Å²) in [6, 6.07) is 2.15. The van der Waals surface area contributed by atoms with E-state index >= 15 is 0 Å². The maximum absolute atomic E-state index is 8.55. The molecule has 64 valence electrons. The summed E-state index contributed by atoms with van der Waals surface area (Å²) in [5.41, 5.74) is 2.26. The van der Waals surface area contributed by atoms with Gasteiger partial charge in [0.2, 0.25) is 0 Å². The number of rotatable bonds is 2. The molecule has 1 aromatic heterocycles. The van der Waals surface area contributed by atoms with E-state index in [1.165, 1.54) is 5.56 Å². The fraction of sp³-hybridized carbons (Fsp3) is 0.444. The smallest absolute Gasteiger partial charge is 0.0577 e. The van der Waals surface area contributed by atoms with Crippen LogP contribution < -0.4 is 0 Å². The first-order valence-electron chi connectivity index (χ1n) is 4.03. The van der Waals surface area contributed by atoms with Gasteiger partial charge in [-0.05, 0) is 41.7 Å². The fourth-order valence-corrected chi connectivity index (χ4v) is 2.31. The maximum Gasteiger partial charge on any atom is 0.0577 e. The van der Waals surface area contributed by atoms with Gasteiger partial charge in [-0.2, -0.15) is 11.3 Å². The Bertz CT molecular complexity index is 291. The lowest BCUT2D eigenvalue weighted by Gasteiger charge is -1.93. The Morgan fingerprint density at radius 3 is 3.17 bits per heavy atom. The van der Waals surface area contributed by atoms with Crippen LogP contribution in [0.2, 0.25) is 0 Å². The molecule has 12 heavy (non-hydrogen) atoms. The molecule has 1 saturated carbocycles. The van der Waals surface area contributed by atoms with Crippen LogP contribution in [0.4, 0.5) is 0 Å². The van der Waals surface area contributed by atoms with Crippen LogP contribution in [0.3, 0.4) is 0 Å². The third kappa shape index (κ3) is 1.25. The molecule has 1 aliphatic carbocycles. The molecule has 1 heterocycles. The predicted molar refractivity (Wildman–Crippen MR) is 50.1 cm³/mol. The van der Waals surface area contributed by atoms with Gasteiger partial charge in [0, 0.05) is 5.92 Å². The number of thiophene rings is 1. The van der Waals surface area contributed by atoms with Crippen LogP contribution in [0.15, 0.2) is 22.0 Å². The molecule has 3 heteroatoms. The van der Waals surface area contributed by atoms with Crippen molar-refractivity contribution in [2.75, 3.05) is 0 Å². The third-order valence-electron chi connectivity index (χ3n) is 2.46. The van der Waals surface area contributed by atoms with Gasteiger partial charge in [0.05, 0.1) is 5.71 Å². The van der Waals surface area contributed by atoms with Gasteiger partial charge in [-0.1, -0.05) is 5.16 Å². The van der Waals surface area contributed by atoms with Crippen LogP contribution in [0.1, 0.15) is 24.8 Å². The highest BCUT2D eigenvalue weighted by molar-refractivity contribution is 7.08. The van der Waals surface area contributed by atoms with E-state index in [1.54, 1.807) is 11.3 Å². The van der Waals surface area contributed by atoms with Crippen LogP contribution in [0.25, 0.3) is 0 Å². The Labute approximate surface area is 75.5 Å². The Balaban J connectivity index is 2.06. The van der Waals surface area contributed by atoms with Gasteiger partial charge >= 0.3 is 0 Å². The molecule has 0 amide bonds. The summed E-state index contributed by atoms with van der Waals surface area (Å²) in [4.78, 5) is 0. The molecular weight excluding hydrogens is 170 g/mol. The zero-order chi connectivity index (χ0) is 8.55. The summed E-state index contributed by atoms with van der Waals surface area (Å²) >= 11 is 1.73. The van der Waals surface area contributed by atoms with E-state index in [2.05, 4.69) is 22.0 Å². The van der Waals surface area contributed by atoms with Gasteiger partial charge in [-0.25, -0.2) is 0 Å². The van der Waals surface area contributed by atoms with Gasteiger partial charge in [-0.15, -0.1) is 0 Å². The zero-order valence-electron chi connectivity index (χ0n) is 6.90. The Morgan fingerprint density at radius 1 is 1.75 bits per heavy atom. The minimum Gasteiger partial charge on any atom is -0.411 e. The average Bonchev–Trinajstić information content (AvgIpc) is 2.71. The highest BCUT2D eigenvalue weighted by atomic mass is 32.1. The normalized spacial score (nSPS) is 28.9. The van der Waals surface area contributed by atoms with Gasteiger partial charge in [0.15, 0.2) is 0 Å². The van der Waals surface area contributed by atoms with E-state index in [1.807, 2.05) is 6.92 Å². The number of hydrogen-bond acceptors (Lipinski definition) is 3. The van der Waals surface area contributed by atoms with E-state index in [9.17, 15) is 0 Å². The summed E-state index contributed by atoms with van der Waals surface area (Å²) in [6.45, 7) is 1.89. The topological polar surface area (TPSA) is 32.6 Å². The number of oxime groups is 1. The lowest BCUT2D eigenvalue weighted by atomic mass is 10.1. The monoisotopic (exact) mass is 181 g/mol. The number of hydrogen-bond donors (Lipinski definition) is 1. The quantitative estimate of drug-likeness (QED) is 0.424. The summed E-state index contributed by atoms with van der Waals surface area (Å²) in [5, 5.41) is 16.1. The lowest BCUT2D eigenvalue weighted by Crippen LogP contribution is -1.95. The van der Waals surface area contributed by atoms with Crippen molar-refractivity contribution in [2.45, 2.75) is 19.3 Å². The summed E-state index contributed by atoms with van der Waals surface area (Å²) in [5.74, 6) is 1.11. The van der Waals surface area contributed by atoms with Gasteiger partial charge in [-0.3, -0.25) is 0 Å². The summed E-state index contributed by atoms with van der Waals surface area (Å²) < 4.78 is 0. The SMILES string of the molecule is CC(=NO)C1CC1c1ccsc1. The van der Waals surface area contributed by atoms with Crippen molar-refractivity contribution in [1.29, 1.82) is 0 Å². The van der Waals surface area contributed by atoms with Crippen LogP contribution in [-0.2, 0) is 0 Å². The zero-order valence-corrected chi connectivity index (χ0v) is 7.71. The van der Waals surface area contributed by atoms with Crippen molar-refractivity contribution < 1.29 is 5.21 Å². The number of nitrogens with zero attached hydrogens (tertiary/aromatic N) is 1. The third-order valence-corrected chi connectivity index (χ3v) is 3.16. The Kier molecular flexibility index (Phi) is 1.89. The van der Waals surface area contributed by atoms with Crippen molar-refractivity contribution >= 4 is 17.0 Å². The van der Waals surface area contributed by atoms with Crippen LogP contribution in [0, 0.1) is 5.92 Å². The fourth-order valence-electron chi connectivity index (χ4n) is 1.59. The molecule has 2 rings (SSSR count). The second kappa shape index (κ2) is 2.90. The molecule has 0 radical (unpaired) electrons. The largest absolute Gasteiger partial charge is 0.411 e. The molecule has 0 spiro atoms. The standard InChI is InChI=1S/C9H11NOS/c1-6(10-11)8-4-9(8)7-2-3-12-5-7/h2-3,5,8-9,11H,4H2,1H3. The van der Waals surface area contributed by atoms with Crippen LogP contribution >= 0.6 is 11.3 Å². The minimum atomic E-state index is 0.490. The first-order valence-corrected chi connectivity index (χ1v) is 4.98. The van der Waals surface area contributed by atoms with Crippen molar-refractivity contribution in [3.63, 3.8) is 0 Å². The Morgan fingerprint density at radius 2 is 2.58 bits per heavy atom. The highest BCUT2D eigenvalue weighted by Gasteiger charge is 2.40.